The summed E-state index contributed by atoms with van der Waals surface area (Å²) in [6, 6.07) is 10.3. The van der Waals surface area contributed by atoms with E-state index >= 15 is 0 Å². The molecule has 1 fully saturated rings. The summed E-state index contributed by atoms with van der Waals surface area (Å²) in [7, 11) is -3.63. The van der Waals surface area contributed by atoms with Crippen molar-refractivity contribution in [2.24, 2.45) is 0 Å². The van der Waals surface area contributed by atoms with Gasteiger partial charge in [0.15, 0.2) is 11.5 Å². The third-order valence-electron chi connectivity index (χ3n) is 5.62. The Morgan fingerprint density at radius 3 is 2.58 bits per heavy atom. The Morgan fingerprint density at radius 2 is 1.82 bits per heavy atom. The number of anilines is 1. The number of nitrogens with one attached hydrogen (secondary N) is 1. The van der Waals surface area contributed by atoms with Crippen LogP contribution in [0.1, 0.15) is 45.1 Å². The van der Waals surface area contributed by atoms with E-state index in [-0.39, 0.29) is 30.1 Å². The smallest absolute Gasteiger partial charge is 0.243 e. The molecule has 8 nitrogen and oxygen atoms in total. The van der Waals surface area contributed by atoms with Crippen molar-refractivity contribution in [3.05, 3.63) is 42.0 Å². The Labute approximate surface area is 194 Å². The summed E-state index contributed by atoms with van der Waals surface area (Å²) in [5, 5.41) is 2.85. The van der Waals surface area contributed by atoms with E-state index in [0.717, 1.165) is 24.8 Å². The quantitative estimate of drug-likeness (QED) is 0.623. The molecule has 0 unspecified atom stereocenters. The maximum atomic E-state index is 13.1. The largest absolute Gasteiger partial charge is 0.489 e. The Morgan fingerprint density at radius 1 is 1.06 bits per heavy atom. The van der Waals surface area contributed by atoms with Gasteiger partial charge in [-0.1, -0.05) is 12.5 Å². The molecule has 2 aliphatic heterocycles. The molecular weight excluding hydrogens is 444 g/mol. The van der Waals surface area contributed by atoms with Crippen LogP contribution in [0.4, 0.5) is 5.69 Å². The van der Waals surface area contributed by atoms with Crippen molar-refractivity contribution in [2.75, 3.05) is 25.2 Å². The molecule has 0 spiro atoms. The van der Waals surface area contributed by atoms with Crippen molar-refractivity contribution >= 4 is 21.6 Å². The molecule has 4 rings (SSSR count). The van der Waals surface area contributed by atoms with Crippen molar-refractivity contribution < 1.29 is 27.4 Å². The minimum Gasteiger partial charge on any atom is -0.489 e. The van der Waals surface area contributed by atoms with E-state index in [2.05, 4.69) is 5.32 Å². The first-order valence-corrected chi connectivity index (χ1v) is 12.8. The number of amides is 1. The monoisotopic (exact) mass is 474 g/mol. The van der Waals surface area contributed by atoms with Gasteiger partial charge in [0, 0.05) is 19.5 Å². The molecule has 1 amide bonds. The Bertz CT molecular complexity index is 1110. The van der Waals surface area contributed by atoms with Gasteiger partial charge in [-0.2, -0.15) is 4.31 Å². The predicted molar refractivity (Wildman–Crippen MR) is 124 cm³/mol. The van der Waals surface area contributed by atoms with Crippen molar-refractivity contribution in [1.29, 1.82) is 0 Å². The number of carbonyl (C=O) groups excluding carboxylic acids is 1. The average molecular weight is 475 g/mol. The molecule has 0 saturated carbocycles. The lowest BCUT2D eigenvalue weighted by atomic mass is 10.1. The first-order valence-electron chi connectivity index (χ1n) is 11.3. The number of hydrogen-bond donors (Lipinski definition) is 1. The van der Waals surface area contributed by atoms with Gasteiger partial charge in [0.1, 0.15) is 5.75 Å². The summed E-state index contributed by atoms with van der Waals surface area (Å²) in [6.07, 6.45) is 3.36. The lowest BCUT2D eigenvalue weighted by Crippen LogP contribution is -2.35. The molecule has 0 bridgehead atoms. The Balaban J connectivity index is 1.49. The lowest BCUT2D eigenvalue weighted by molar-refractivity contribution is -0.116. The first kappa shape index (κ1) is 23.4. The van der Waals surface area contributed by atoms with Gasteiger partial charge in [-0.3, -0.25) is 4.79 Å². The van der Waals surface area contributed by atoms with E-state index in [0.29, 0.717) is 42.4 Å². The van der Waals surface area contributed by atoms with Crippen LogP contribution in [0, 0.1) is 0 Å². The molecule has 2 aromatic carbocycles. The van der Waals surface area contributed by atoms with Gasteiger partial charge < -0.3 is 19.5 Å². The summed E-state index contributed by atoms with van der Waals surface area (Å²) in [6.45, 7) is 5.00. The third kappa shape index (κ3) is 5.59. The average Bonchev–Trinajstić information content (AvgIpc) is 3.27. The maximum Gasteiger partial charge on any atom is 0.243 e. The molecular formula is C24H30N2O6S. The van der Waals surface area contributed by atoms with Gasteiger partial charge in [-0.25, -0.2) is 8.42 Å². The normalized spacial score (nSPS) is 16.1. The van der Waals surface area contributed by atoms with E-state index in [1.54, 1.807) is 12.1 Å². The number of sulfonamides is 1. The van der Waals surface area contributed by atoms with Crippen molar-refractivity contribution in [3.8, 4) is 17.2 Å². The van der Waals surface area contributed by atoms with Crippen LogP contribution < -0.4 is 19.5 Å². The summed E-state index contributed by atoms with van der Waals surface area (Å²) in [5.41, 5.74) is 1.31. The molecule has 1 N–H and O–H groups in total. The molecule has 2 aliphatic rings. The zero-order chi connectivity index (χ0) is 23.4. The fourth-order valence-electron chi connectivity index (χ4n) is 3.95. The molecule has 33 heavy (non-hydrogen) atoms. The van der Waals surface area contributed by atoms with Gasteiger partial charge in [0.05, 0.1) is 16.7 Å². The molecule has 0 atom stereocenters. The fraction of sp³-hybridized carbons (Fsp3) is 0.458. The third-order valence-corrected chi connectivity index (χ3v) is 7.51. The van der Waals surface area contributed by atoms with Crippen LogP contribution in [0.15, 0.2) is 41.3 Å². The Kier molecular flexibility index (Phi) is 7.09. The Hall–Kier alpha value is -2.78. The first-order chi connectivity index (χ1) is 15.8. The number of fused-ring (bicyclic) bond motifs is 1. The van der Waals surface area contributed by atoms with E-state index in [4.69, 9.17) is 14.2 Å². The topological polar surface area (TPSA) is 94.2 Å². The predicted octanol–water partition coefficient (Wildman–Crippen LogP) is 3.95. The van der Waals surface area contributed by atoms with E-state index in [9.17, 15) is 13.2 Å². The molecule has 2 aromatic rings. The van der Waals surface area contributed by atoms with Crippen molar-refractivity contribution in [3.63, 3.8) is 0 Å². The van der Waals surface area contributed by atoms with Gasteiger partial charge in [-0.15, -0.1) is 0 Å². The van der Waals surface area contributed by atoms with Crippen LogP contribution in [-0.2, 0) is 21.2 Å². The molecule has 0 radical (unpaired) electrons. The second kappa shape index (κ2) is 10.0. The standard InChI is InChI=1S/C24H30N2O6S/c1-17(2)32-21-10-8-19(33(28,29)26-12-4-3-5-13-26)15-20(21)25-24(27)11-7-18-6-9-22-23(14-18)31-16-30-22/h6,8-10,14-15,17H,3-5,7,11-13,16H2,1-2H3,(H,25,27). The van der Waals surface area contributed by atoms with E-state index in [1.165, 1.54) is 10.4 Å². The number of rotatable bonds is 8. The van der Waals surface area contributed by atoms with Gasteiger partial charge in [0.2, 0.25) is 22.7 Å². The van der Waals surface area contributed by atoms with Crippen LogP contribution in [0.25, 0.3) is 0 Å². The molecule has 0 aliphatic carbocycles. The zero-order valence-corrected chi connectivity index (χ0v) is 19.8. The second-order valence-electron chi connectivity index (χ2n) is 8.53. The minimum atomic E-state index is -3.63. The van der Waals surface area contributed by atoms with E-state index < -0.39 is 10.0 Å². The van der Waals surface area contributed by atoms with Crippen molar-refractivity contribution in [1.82, 2.24) is 4.31 Å². The zero-order valence-electron chi connectivity index (χ0n) is 19.0. The lowest BCUT2D eigenvalue weighted by Gasteiger charge is -2.26. The second-order valence-corrected chi connectivity index (χ2v) is 10.5. The summed E-state index contributed by atoms with van der Waals surface area (Å²) in [5.74, 6) is 1.59. The number of carbonyl (C=O) groups is 1. The highest BCUT2D eigenvalue weighted by atomic mass is 32.2. The highest BCUT2D eigenvalue weighted by Crippen LogP contribution is 2.33. The van der Waals surface area contributed by atoms with E-state index in [1.807, 2.05) is 32.0 Å². The minimum absolute atomic E-state index is 0.126. The molecule has 2 heterocycles. The molecule has 9 heteroatoms. The van der Waals surface area contributed by atoms with Crippen LogP contribution in [0.2, 0.25) is 0 Å². The molecule has 0 aromatic heterocycles. The number of piperidine rings is 1. The number of nitrogens with zero attached hydrogens (tertiary/aromatic N) is 1. The number of benzene rings is 2. The highest BCUT2D eigenvalue weighted by Gasteiger charge is 2.27. The van der Waals surface area contributed by atoms with Gasteiger partial charge in [0.25, 0.3) is 0 Å². The van der Waals surface area contributed by atoms with Gasteiger partial charge in [-0.05, 0) is 69.0 Å². The van der Waals surface area contributed by atoms with Gasteiger partial charge >= 0.3 is 0 Å². The molecule has 178 valence electrons. The SMILES string of the molecule is CC(C)Oc1ccc(S(=O)(=O)N2CCCCC2)cc1NC(=O)CCc1ccc2c(c1)OCO2. The number of ether oxygens (including phenoxy) is 3. The number of aryl methyl sites for hydroxylation is 1. The van der Waals surface area contributed by atoms with Crippen LogP contribution in [-0.4, -0.2) is 44.6 Å². The maximum absolute atomic E-state index is 13.1. The summed E-state index contributed by atoms with van der Waals surface area (Å²) < 4.78 is 44.3. The van der Waals surface area contributed by atoms with Crippen LogP contribution in [0.5, 0.6) is 17.2 Å². The summed E-state index contributed by atoms with van der Waals surface area (Å²) >= 11 is 0. The van der Waals surface area contributed by atoms with Crippen LogP contribution >= 0.6 is 0 Å². The molecule has 1 saturated heterocycles. The number of hydrogen-bond acceptors (Lipinski definition) is 6. The summed E-state index contributed by atoms with van der Waals surface area (Å²) in [4.78, 5) is 12.9. The van der Waals surface area contributed by atoms with Crippen LogP contribution in [0.3, 0.4) is 0 Å². The highest BCUT2D eigenvalue weighted by molar-refractivity contribution is 7.89. The fourth-order valence-corrected chi connectivity index (χ4v) is 5.49. The van der Waals surface area contributed by atoms with Crippen molar-refractivity contribution in [2.45, 2.75) is 57.0 Å².